The van der Waals surface area contributed by atoms with Gasteiger partial charge >= 0.3 is 0 Å². The minimum Gasteiger partial charge on any atom is -0.383 e. The average molecular weight is 388 g/mol. The summed E-state index contributed by atoms with van der Waals surface area (Å²) < 4.78 is 32.0. The summed E-state index contributed by atoms with van der Waals surface area (Å²) in [5.41, 5.74) is 2.72. The summed E-state index contributed by atoms with van der Waals surface area (Å²) in [5.74, 6) is -0.273. The first-order chi connectivity index (χ1) is 13.0. The van der Waals surface area contributed by atoms with E-state index >= 15 is 0 Å². The van der Waals surface area contributed by atoms with Crippen LogP contribution in [0.5, 0.6) is 0 Å². The molecule has 0 aromatic heterocycles. The molecule has 0 saturated carbocycles. The molecule has 0 spiro atoms. The van der Waals surface area contributed by atoms with E-state index in [1.807, 2.05) is 18.2 Å². The van der Waals surface area contributed by atoms with Gasteiger partial charge in [0.2, 0.25) is 10.0 Å². The maximum Gasteiger partial charge on any atom is 0.251 e. The van der Waals surface area contributed by atoms with Crippen LogP contribution >= 0.6 is 0 Å². The number of ether oxygens (including phenoxy) is 1. The van der Waals surface area contributed by atoms with E-state index in [0.29, 0.717) is 5.56 Å². The molecule has 27 heavy (non-hydrogen) atoms. The molecule has 3 rings (SSSR count). The van der Waals surface area contributed by atoms with Gasteiger partial charge in [0.25, 0.3) is 5.91 Å². The van der Waals surface area contributed by atoms with Crippen molar-refractivity contribution in [3.05, 3.63) is 65.2 Å². The van der Waals surface area contributed by atoms with Gasteiger partial charge in [-0.15, -0.1) is 0 Å². The van der Waals surface area contributed by atoms with Crippen LogP contribution in [0.25, 0.3) is 0 Å². The molecule has 0 fully saturated rings. The number of carbonyl (C=O) groups excluding carboxylic acids is 1. The van der Waals surface area contributed by atoms with Crippen LogP contribution in [0.4, 0.5) is 0 Å². The van der Waals surface area contributed by atoms with Crippen LogP contribution in [0.3, 0.4) is 0 Å². The van der Waals surface area contributed by atoms with E-state index in [2.05, 4.69) is 16.1 Å². The molecule has 0 saturated heterocycles. The first kappa shape index (κ1) is 19.5. The number of methoxy groups -OCH3 is 1. The molecule has 1 atom stereocenters. The fourth-order valence-electron chi connectivity index (χ4n) is 3.31. The Bertz CT molecular complexity index is 912. The van der Waals surface area contributed by atoms with Gasteiger partial charge in [-0.2, -0.15) is 0 Å². The number of aryl methyl sites for hydroxylation is 1. The van der Waals surface area contributed by atoms with E-state index in [1.165, 1.54) is 24.8 Å². The van der Waals surface area contributed by atoms with Crippen molar-refractivity contribution in [1.82, 2.24) is 10.0 Å². The SMILES string of the molecule is COCCNS(=O)(=O)c1cccc(C(=O)NC2CCCc3ccccc32)c1. The summed E-state index contributed by atoms with van der Waals surface area (Å²) in [5, 5.41) is 3.05. The Balaban J connectivity index is 1.75. The predicted octanol–water partition coefficient (Wildman–Crippen LogP) is 2.42. The van der Waals surface area contributed by atoms with Crippen molar-refractivity contribution < 1.29 is 17.9 Å². The largest absolute Gasteiger partial charge is 0.383 e. The predicted molar refractivity (Wildman–Crippen MR) is 103 cm³/mol. The molecule has 6 nitrogen and oxygen atoms in total. The third-order valence-corrected chi connectivity index (χ3v) is 6.14. The molecule has 0 bridgehead atoms. The Morgan fingerprint density at radius 1 is 1.19 bits per heavy atom. The van der Waals surface area contributed by atoms with Crippen LogP contribution in [-0.2, 0) is 21.2 Å². The van der Waals surface area contributed by atoms with Gasteiger partial charge < -0.3 is 10.1 Å². The molecule has 1 unspecified atom stereocenters. The minimum absolute atomic E-state index is 0.0532. The molecule has 1 amide bonds. The third kappa shape index (κ3) is 4.74. The molecule has 144 valence electrons. The normalized spacial score (nSPS) is 16.6. The Labute approximate surface area is 160 Å². The summed E-state index contributed by atoms with van der Waals surface area (Å²) in [6, 6.07) is 14.1. The number of hydrogen-bond acceptors (Lipinski definition) is 4. The van der Waals surface area contributed by atoms with Crippen LogP contribution in [0, 0.1) is 0 Å². The van der Waals surface area contributed by atoms with E-state index in [0.717, 1.165) is 24.8 Å². The van der Waals surface area contributed by atoms with Crippen LogP contribution < -0.4 is 10.0 Å². The lowest BCUT2D eigenvalue weighted by atomic mass is 9.87. The Kier molecular flexibility index (Phi) is 6.26. The Hall–Kier alpha value is -2.22. The summed E-state index contributed by atoms with van der Waals surface area (Å²) in [7, 11) is -2.18. The third-order valence-electron chi connectivity index (χ3n) is 4.68. The minimum atomic E-state index is -3.68. The van der Waals surface area contributed by atoms with Gasteiger partial charge in [-0.05, 0) is 48.6 Å². The van der Waals surface area contributed by atoms with Crippen LogP contribution in [0.1, 0.15) is 40.4 Å². The second kappa shape index (κ2) is 8.65. The summed E-state index contributed by atoms with van der Waals surface area (Å²) in [6.07, 6.45) is 2.91. The second-order valence-corrected chi connectivity index (χ2v) is 8.30. The van der Waals surface area contributed by atoms with E-state index in [9.17, 15) is 13.2 Å². The molecule has 2 aromatic carbocycles. The van der Waals surface area contributed by atoms with Gasteiger partial charge in [0.15, 0.2) is 0 Å². The molecule has 2 N–H and O–H groups in total. The van der Waals surface area contributed by atoms with Gasteiger partial charge in [0, 0.05) is 19.2 Å². The van der Waals surface area contributed by atoms with Gasteiger partial charge in [0.1, 0.15) is 0 Å². The van der Waals surface area contributed by atoms with Crippen molar-refractivity contribution in [3.8, 4) is 0 Å². The molecule has 2 aromatic rings. The zero-order chi connectivity index (χ0) is 19.3. The van der Waals surface area contributed by atoms with E-state index in [4.69, 9.17) is 4.74 Å². The van der Waals surface area contributed by atoms with Crippen molar-refractivity contribution in [2.75, 3.05) is 20.3 Å². The molecule has 1 aliphatic carbocycles. The highest BCUT2D eigenvalue weighted by Crippen LogP contribution is 2.29. The highest BCUT2D eigenvalue weighted by atomic mass is 32.2. The molecule has 0 radical (unpaired) electrons. The van der Waals surface area contributed by atoms with Gasteiger partial charge in [-0.1, -0.05) is 30.3 Å². The number of fused-ring (bicyclic) bond motifs is 1. The smallest absolute Gasteiger partial charge is 0.251 e. The van der Waals surface area contributed by atoms with E-state index < -0.39 is 10.0 Å². The zero-order valence-electron chi connectivity index (χ0n) is 15.3. The lowest BCUT2D eigenvalue weighted by Crippen LogP contribution is -2.31. The van der Waals surface area contributed by atoms with Gasteiger partial charge in [-0.3, -0.25) is 4.79 Å². The highest BCUT2D eigenvalue weighted by molar-refractivity contribution is 7.89. The summed E-state index contributed by atoms with van der Waals surface area (Å²) >= 11 is 0. The molecular weight excluding hydrogens is 364 g/mol. The molecular formula is C20H24N2O4S. The molecule has 0 aliphatic heterocycles. The fraction of sp³-hybridized carbons (Fsp3) is 0.350. The molecule has 1 aliphatic rings. The second-order valence-electron chi connectivity index (χ2n) is 6.54. The maximum atomic E-state index is 12.7. The van der Waals surface area contributed by atoms with Crippen LogP contribution in [0.2, 0.25) is 0 Å². The summed E-state index contributed by atoms with van der Waals surface area (Å²) in [4.78, 5) is 12.8. The van der Waals surface area contributed by atoms with Crippen molar-refractivity contribution in [1.29, 1.82) is 0 Å². The number of amides is 1. The van der Waals surface area contributed by atoms with E-state index in [-0.39, 0.29) is 30.0 Å². The van der Waals surface area contributed by atoms with Crippen molar-refractivity contribution in [2.24, 2.45) is 0 Å². The van der Waals surface area contributed by atoms with E-state index in [1.54, 1.807) is 12.1 Å². The van der Waals surface area contributed by atoms with Crippen molar-refractivity contribution >= 4 is 15.9 Å². The number of carbonyl (C=O) groups is 1. The van der Waals surface area contributed by atoms with Gasteiger partial charge in [-0.25, -0.2) is 13.1 Å². The quantitative estimate of drug-likeness (QED) is 0.714. The van der Waals surface area contributed by atoms with Crippen molar-refractivity contribution in [2.45, 2.75) is 30.2 Å². The number of nitrogens with one attached hydrogen (secondary N) is 2. The maximum absolute atomic E-state index is 12.7. The Morgan fingerprint density at radius 3 is 2.81 bits per heavy atom. The van der Waals surface area contributed by atoms with Gasteiger partial charge in [0.05, 0.1) is 17.5 Å². The molecule has 0 heterocycles. The first-order valence-electron chi connectivity index (χ1n) is 8.98. The Morgan fingerprint density at radius 2 is 2.00 bits per heavy atom. The lowest BCUT2D eigenvalue weighted by Gasteiger charge is -2.26. The monoisotopic (exact) mass is 388 g/mol. The first-order valence-corrected chi connectivity index (χ1v) is 10.5. The summed E-state index contributed by atoms with van der Waals surface area (Å²) in [6.45, 7) is 0.453. The molecule has 7 heteroatoms. The number of benzene rings is 2. The standard InChI is InChI=1S/C20H24N2O4S/c1-26-13-12-21-27(24,25)17-9-4-8-16(14-17)20(23)22-19-11-5-7-15-6-2-3-10-18(15)19/h2-4,6,8-10,14,19,21H,5,7,11-13H2,1H3,(H,22,23). The highest BCUT2D eigenvalue weighted by Gasteiger charge is 2.22. The van der Waals surface area contributed by atoms with Crippen LogP contribution in [-0.4, -0.2) is 34.6 Å². The lowest BCUT2D eigenvalue weighted by molar-refractivity contribution is 0.0932. The average Bonchev–Trinajstić information content (AvgIpc) is 2.68. The zero-order valence-corrected chi connectivity index (χ0v) is 16.1. The number of hydrogen-bond donors (Lipinski definition) is 2. The van der Waals surface area contributed by atoms with Crippen molar-refractivity contribution in [3.63, 3.8) is 0 Å². The number of sulfonamides is 1. The topological polar surface area (TPSA) is 84.5 Å². The number of rotatable bonds is 7. The van der Waals surface area contributed by atoms with Crippen LogP contribution in [0.15, 0.2) is 53.4 Å². The fourth-order valence-corrected chi connectivity index (χ4v) is 4.37.